The third kappa shape index (κ3) is 3.17. The zero-order valence-corrected chi connectivity index (χ0v) is 15.0. The lowest BCUT2D eigenvalue weighted by molar-refractivity contribution is -0.924. The fourth-order valence-corrected chi connectivity index (χ4v) is 4.97. The van der Waals surface area contributed by atoms with Crippen molar-refractivity contribution < 1.29 is 14.5 Å². The van der Waals surface area contributed by atoms with Gasteiger partial charge in [0, 0.05) is 5.92 Å². The summed E-state index contributed by atoms with van der Waals surface area (Å²) in [5.74, 6) is 1.62. The van der Waals surface area contributed by atoms with Crippen LogP contribution in [0.5, 0.6) is 0 Å². The van der Waals surface area contributed by atoms with Gasteiger partial charge >= 0.3 is 0 Å². The SMILES string of the molecule is C[C@@H](C(=O)N1CC(=O)Nc2ccccc21)[NH+]1CC[C@@H]2CCCC[C@@H]2C1. The molecule has 0 aromatic heterocycles. The Hall–Kier alpha value is -1.88. The van der Waals surface area contributed by atoms with Gasteiger partial charge < -0.3 is 10.2 Å². The number of anilines is 2. The summed E-state index contributed by atoms with van der Waals surface area (Å²) in [7, 11) is 0. The van der Waals surface area contributed by atoms with Crippen LogP contribution in [0.4, 0.5) is 11.4 Å². The molecule has 4 rings (SSSR count). The molecule has 2 fully saturated rings. The van der Waals surface area contributed by atoms with E-state index < -0.39 is 0 Å². The van der Waals surface area contributed by atoms with Crippen molar-refractivity contribution in [2.75, 3.05) is 29.9 Å². The van der Waals surface area contributed by atoms with Crippen LogP contribution in [0.2, 0.25) is 0 Å². The van der Waals surface area contributed by atoms with Gasteiger partial charge in [0.05, 0.1) is 24.5 Å². The molecule has 1 aromatic rings. The average molecular weight is 342 g/mol. The van der Waals surface area contributed by atoms with Crippen molar-refractivity contribution in [3.05, 3.63) is 24.3 Å². The molecule has 25 heavy (non-hydrogen) atoms. The fourth-order valence-electron chi connectivity index (χ4n) is 4.97. The lowest BCUT2D eigenvalue weighted by Crippen LogP contribution is -3.18. The van der Waals surface area contributed by atoms with Crippen LogP contribution in [0.1, 0.15) is 39.0 Å². The number of para-hydroxylation sites is 2. The molecule has 2 aliphatic heterocycles. The maximum Gasteiger partial charge on any atom is 0.285 e. The topological polar surface area (TPSA) is 53.9 Å². The molecular formula is C20H28N3O2+. The zero-order valence-electron chi connectivity index (χ0n) is 15.0. The van der Waals surface area contributed by atoms with Gasteiger partial charge in [0.25, 0.3) is 5.91 Å². The van der Waals surface area contributed by atoms with Gasteiger partial charge in [-0.25, -0.2) is 0 Å². The van der Waals surface area contributed by atoms with E-state index in [0.717, 1.165) is 36.3 Å². The Labute approximate surface area is 149 Å². The molecule has 0 bridgehead atoms. The number of amides is 2. The van der Waals surface area contributed by atoms with Crippen LogP contribution in [-0.4, -0.2) is 37.5 Å². The van der Waals surface area contributed by atoms with Crippen molar-refractivity contribution in [1.82, 2.24) is 0 Å². The van der Waals surface area contributed by atoms with Crippen molar-refractivity contribution in [3.63, 3.8) is 0 Å². The highest BCUT2D eigenvalue weighted by molar-refractivity contribution is 6.10. The Kier molecular flexibility index (Phi) is 4.50. The van der Waals surface area contributed by atoms with E-state index in [1.54, 1.807) is 4.90 Å². The Morgan fingerprint density at radius 1 is 1.20 bits per heavy atom. The minimum absolute atomic E-state index is 0.0755. The summed E-state index contributed by atoms with van der Waals surface area (Å²) < 4.78 is 0. The molecule has 0 radical (unpaired) electrons. The third-order valence-electron chi connectivity index (χ3n) is 6.45. The molecule has 134 valence electrons. The van der Waals surface area contributed by atoms with Gasteiger partial charge in [-0.2, -0.15) is 0 Å². The van der Waals surface area contributed by atoms with Crippen molar-refractivity contribution >= 4 is 23.2 Å². The van der Waals surface area contributed by atoms with E-state index in [1.165, 1.54) is 37.0 Å². The number of nitrogens with one attached hydrogen (secondary N) is 2. The fraction of sp³-hybridized carbons (Fsp3) is 0.600. The van der Waals surface area contributed by atoms with Gasteiger partial charge in [-0.05, 0) is 44.2 Å². The molecule has 5 nitrogen and oxygen atoms in total. The Morgan fingerprint density at radius 3 is 2.80 bits per heavy atom. The normalized spacial score (nSPS) is 30.0. The largest absolute Gasteiger partial charge is 0.325 e. The summed E-state index contributed by atoms with van der Waals surface area (Å²) in [6.45, 7) is 4.35. The summed E-state index contributed by atoms with van der Waals surface area (Å²) in [6, 6.07) is 7.48. The van der Waals surface area contributed by atoms with Gasteiger partial charge in [-0.3, -0.25) is 14.5 Å². The first-order chi connectivity index (χ1) is 12.1. The average Bonchev–Trinajstić information content (AvgIpc) is 2.65. The number of likely N-dealkylation sites (tertiary alicyclic amines) is 1. The summed E-state index contributed by atoms with van der Waals surface area (Å²) in [5.41, 5.74) is 1.56. The maximum atomic E-state index is 13.2. The lowest BCUT2D eigenvalue weighted by Gasteiger charge is -2.41. The highest BCUT2D eigenvalue weighted by Gasteiger charge is 2.40. The number of hydrogen-bond acceptors (Lipinski definition) is 2. The predicted octanol–water partition coefficient (Wildman–Crippen LogP) is 1.46. The van der Waals surface area contributed by atoms with E-state index >= 15 is 0 Å². The zero-order chi connectivity index (χ0) is 17.4. The van der Waals surface area contributed by atoms with Gasteiger partial charge in [-0.1, -0.05) is 25.0 Å². The highest BCUT2D eigenvalue weighted by atomic mass is 16.2. The van der Waals surface area contributed by atoms with Crippen molar-refractivity contribution in [2.45, 2.75) is 45.1 Å². The monoisotopic (exact) mass is 342 g/mol. The standard InChI is InChI=1S/C20H27N3O2/c1-14(22-11-10-15-6-2-3-7-16(15)12-22)20(25)23-13-19(24)21-17-8-4-5-9-18(17)23/h4-5,8-9,14-16H,2-3,6-7,10-13H2,1H3,(H,21,24)/p+1/t14-,15-,16+/m0/s1. The number of fused-ring (bicyclic) bond motifs is 2. The lowest BCUT2D eigenvalue weighted by atomic mass is 9.75. The Bertz CT molecular complexity index is 675. The van der Waals surface area contributed by atoms with E-state index in [9.17, 15) is 9.59 Å². The summed E-state index contributed by atoms with van der Waals surface area (Å²) in [4.78, 5) is 28.3. The molecule has 1 saturated heterocycles. The number of piperidine rings is 1. The van der Waals surface area contributed by atoms with Gasteiger partial charge in [-0.15, -0.1) is 0 Å². The van der Waals surface area contributed by atoms with Crippen molar-refractivity contribution in [1.29, 1.82) is 0 Å². The van der Waals surface area contributed by atoms with Crippen LogP contribution in [0.15, 0.2) is 24.3 Å². The highest BCUT2D eigenvalue weighted by Crippen LogP contribution is 2.33. The number of nitrogens with zero attached hydrogens (tertiary/aromatic N) is 1. The molecule has 5 heteroatoms. The van der Waals surface area contributed by atoms with Crippen LogP contribution in [-0.2, 0) is 9.59 Å². The molecule has 2 amide bonds. The molecule has 0 spiro atoms. The first-order valence-electron chi connectivity index (χ1n) is 9.68. The number of carbonyl (C=O) groups is 2. The second kappa shape index (κ2) is 6.79. The quantitative estimate of drug-likeness (QED) is 0.855. The molecule has 1 aliphatic carbocycles. The Balaban J connectivity index is 1.50. The van der Waals surface area contributed by atoms with E-state index in [-0.39, 0.29) is 24.4 Å². The van der Waals surface area contributed by atoms with Crippen LogP contribution < -0.4 is 15.1 Å². The van der Waals surface area contributed by atoms with Crippen LogP contribution >= 0.6 is 0 Å². The van der Waals surface area contributed by atoms with Gasteiger partial charge in [0.1, 0.15) is 6.54 Å². The van der Waals surface area contributed by atoms with E-state index in [1.807, 2.05) is 31.2 Å². The Morgan fingerprint density at radius 2 is 1.96 bits per heavy atom. The second-order valence-corrected chi connectivity index (χ2v) is 7.92. The van der Waals surface area contributed by atoms with Crippen LogP contribution in [0.3, 0.4) is 0 Å². The van der Waals surface area contributed by atoms with E-state index in [0.29, 0.717) is 0 Å². The smallest absolute Gasteiger partial charge is 0.285 e. The van der Waals surface area contributed by atoms with E-state index in [2.05, 4.69) is 5.32 Å². The summed E-state index contributed by atoms with van der Waals surface area (Å²) in [5, 5.41) is 2.86. The molecule has 2 N–H and O–H groups in total. The van der Waals surface area contributed by atoms with Gasteiger partial charge in [0.15, 0.2) is 6.04 Å². The molecule has 1 saturated carbocycles. The molecule has 4 atom stereocenters. The molecule has 1 aromatic carbocycles. The number of rotatable bonds is 2. The maximum absolute atomic E-state index is 13.2. The van der Waals surface area contributed by atoms with Crippen LogP contribution in [0, 0.1) is 11.8 Å². The number of quaternary nitrogens is 1. The van der Waals surface area contributed by atoms with Crippen LogP contribution in [0.25, 0.3) is 0 Å². The van der Waals surface area contributed by atoms with Crippen molar-refractivity contribution in [3.8, 4) is 0 Å². The number of benzene rings is 1. The molecule has 2 heterocycles. The van der Waals surface area contributed by atoms with Crippen molar-refractivity contribution in [2.24, 2.45) is 11.8 Å². The minimum atomic E-state index is -0.111. The molecular weight excluding hydrogens is 314 g/mol. The summed E-state index contributed by atoms with van der Waals surface area (Å²) in [6.07, 6.45) is 6.67. The number of carbonyl (C=O) groups excluding carboxylic acids is 2. The molecule has 3 aliphatic rings. The first-order valence-corrected chi connectivity index (χ1v) is 9.68. The summed E-state index contributed by atoms with van der Waals surface area (Å²) >= 11 is 0. The van der Waals surface area contributed by atoms with Gasteiger partial charge in [0.2, 0.25) is 5.91 Å². The van der Waals surface area contributed by atoms with E-state index in [4.69, 9.17) is 0 Å². The minimum Gasteiger partial charge on any atom is -0.325 e. The number of hydrogen-bond donors (Lipinski definition) is 2. The third-order valence-corrected chi connectivity index (χ3v) is 6.45. The first kappa shape index (κ1) is 16.6. The predicted molar refractivity (Wildman–Crippen MR) is 97.6 cm³/mol. The second-order valence-electron chi connectivity index (χ2n) is 7.92. The molecule has 1 unspecified atom stereocenters.